The third kappa shape index (κ3) is 3.51. The maximum atomic E-state index is 10.7. The van der Waals surface area contributed by atoms with Crippen LogP contribution in [0.2, 0.25) is 0 Å². The molecule has 0 spiro atoms. The molecule has 0 heterocycles. The molecule has 0 bridgehead atoms. The summed E-state index contributed by atoms with van der Waals surface area (Å²) in [7, 11) is 0. The fourth-order valence-corrected chi connectivity index (χ4v) is 2.06. The number of nitrogens with one attached hydrogen (secondary N) is 1. The summed E-state index contributed by atoms with van der Waals surface area (Å²) in [5.41, 5.74) is 1.95. The predicted octanol–water partition coefficient (Wildman–Crippen LogP) is 4.09. The summed E-state index contributed by atoms with van der Waals surface area (Å²) in [5.74, 6) is 1.06. The molecule has 2 aromatic rings. The molecule has 2 aromatic carbocycles. The van der Waals surface area contributed by atoms with E-state index in [1.165, 1.54) is 24.3 Å². The van der Waals surface area contributed by atoms with Crippen LogP contribution in [0.15, 0.2) is 36.4 Å². The lowest BCUT2D eigenvalue weighted by Crippen LogP contribution is -2.07. The highest BCUT2D eigenvalue weighted by molar-refractivity contribution is 5.83. The van der Waals surface area contributed by atoms with E-state index in [0.717, 1.165) is 11.1 Å². The molecule has 0 saturated heterocycles. The first-order chi connectivity index (χ1) is 10.4. The Morgan fingerprint density at radius 1 is 1.18 bits per heavy atom. The first kappa shape index (κ1) is 15.3. The van der Waals surface area contributed by atoms with Gasteiger partial charge in [-0.2, -0.15) is 0 Å². The highest BCUT2D eigenvalue weighted by Crippen LogP contribution is 2.32. The van der Waals surface area contributed by atoms with Crippen LogP contribution in [0.1, 0.15) is 11.1 Å². The Kier molecular flexibility index (Phi) is 4.26. The molecule has 0 aliphatic rings. The number of anilines is 1. The fraction of sp³-hybridized carbons (Fsp3) is 0.133. The topological polar surface area (TPSA) is 102 Å². The molecule has 0 unspecified atom stereocenters. The number of rotatable bonds is 4. The Labute approximate surface area is 126 Å². The molecule has 2 rings (SSSR count). The zero-order valence-electron chi connectivity index (χ0n) is 12.0. The van der Waals surface area contributed by atoms with Crippen molar-refractivity contribution in [3.63, 3.8) is 0 Å². The van der Waals surface area contributed by atoms with E-state index in [9.17, 15) is 14.9 Å². The van der Waals surface area contributed by atoms with E-state index in [0.29, 0.717) is 17.2 Å². The molecule has 0 radical (unpaired) electrons. The molecule has 0 aliphatic heterocycles. The molecule has 7 heteroatoms. The number of aryl methyl sites for hydroxylation is 2. The van der Waals surface area contributed by atoms with Crippen molar-refractivity contribution >= 4 is 17.5 Å². The lowest BCUT2D eigenvalue weighted by atomic mass is 10.1. The predicted molar refractivity (Wildman–Crippen MR) is 80.7 cm³/mol. The van der Waals surface area contributed by atoms with Crippen LogP contribution in [-0.2, 0) is 0 Å². The number of ether oxygens (including phenoxy) is 1. The van der Waals surface area contributed by atoms with Gasteiger partial charge in [-0.25, -0.2) is 4.79 Å². The first-order valence-electron chi connectivity index (χ1n) is 6.40. The average Bonchev–Trinajstić information content (AvgIpc) is 2.42. The lowest BCUT2D eigenvalue weighted by molar-refractivity contribution is -0.384. The number of nitrogens with zero attached hydrogens (tertiary/aromatic N) is 1. The molecule has 0 saturated carbocycles. The van der Waals surface area contributed by atoms with Crippen LogP contribution in [0.25, 0.3) is 0 Å². The van der Waals surface area contributed by atoms with Crippen LogP contribution in [0.3, 0.4) is 0 Å². The molecule has 0 fully saturated rings. The second-order valence-corrected chi connectivity index (χ2v) is 4.72. The monoisotopic (exact) mass is 302 g/mol. The van der Waals surface area contributed by atoms with Gasteiger partial charge in [0.1, 0.15) is 11.5 Å². The van der Waals surface area contributed by atoms with Gasteiger partial charge in [-0.3, -0.25) is 15.4 Å². The van der Waals surface area contributed by atoms with Gasteiger partial charge < -0.3 is 9.84 Å². The summed E-state index contributed by atoms with van der Waals surface area (Å²) >= 11 is 0. The van der Waals surface area contributed by atoms with Crippen LogP contribution >= 0.6 is 0 Å². The van der Waals surface area contributed by atoms with Crippen molar-refractivity contribution in [3.05, 3.63) is 57.6 Å². The number of carboxylic acid groups (broad SMARTS) is 1. The van der Waals surface area contributed by atoms with E-state index in [2.05, 4.69) is 5.32 Å². The van der Waals surface area contributed by atoms with Crippen LogP contribution in [0, 0.1) is 24.0 Å². The van der Waals surface area contributed by atoms with Gasteiger partial charge in [0.05, 0.1) is 4.92 Å². The molecular formula is C15H14N2O5. The number of nitro groups is 1. The lowest BCUT2D eigenvalue weighted by Gasteiger charge is -2.13. The molecule has 7 nitrogen and oxygen atoms in total. The second kappa shape index (κ2) is 6.13. The molecule has 2 N–H and O–H groups in total. The highest BCUT2D eigenvalue weighted by atomic mass is 16.6. The van der Waals surface area contributed by atoms with E-state index in [1.54, 1.807) is 26.0 Å². The van der Waals surface area contributed by atoms with Crippen molar-refractivity contribution in [1.82, 2.24) is 0 Å². The minimum atomic E-state index is -1.14. The fourth-order valence-electron chi connectivity index (χ4n) is 2.06. The van der Waals surface area contributed by atoms with Crippen molar-refractivity contribution in [3.8, 4) is 11.5 Å². The molecule has 1 amide bonds. The third-order valence-corrected chi connectivity index (χ3v) is 2.98. The number of hydrogen-bond acceptors (Lipinski definition) is 4. The Morgan fingerprint density at radius 2 is 1.73 bits per heavy atom. The van der Waals surface area contributed by atoms with E-state index in [4.69, 9.17) is 9.84 Å². The molecule has 114 valence electrons. The number of amides is 1. The van der Waals surface area contributed by atoms with E-state index >= 15 is 0 Å². The summed E-state index contributed by atoms with van der Waals surface area (Å²) < 4.78 is 5.74. The second-order valence-electron chi connectivity index (χ2n) is 4.72. The summed E-state index contributed by atoms with van der Waals surface area (Å²) in [4.78, 5) is 20.8. The maximum absolute atomic E-state index is 10.7. The molecular weight excluding hydrogens is 288 g/mol. The largest absolute Gasteiger partial charge is 0.465 e. The Morgan fingerprint density at radius 3 is 2.18 bits per heavy atom. The summed E-state index contributed by atoms with van der Waals surface area (Å²) in [5, 5.41) is 21.6. The summed E-state index contributed by atoms with van der Waals surface area (Å²) in [6.45, 7) is 3.58. The van der Waals surface area contributed by atoms with Crippen LogP contribution in [0.5, 0.6) is 11.5 Å². The van der Waals surface area contributed by atoms with Gasteiger partial charge in [0.25, 0.3) is 5.69 Å². The van der Waals surface area contributed by atoms with Gasteiger partial charge in [0.2, 0.25) is 0 Å². The zero-order valence-corrected chi connectivity index (χ0v) is 12.0. The number of hydrogen-bond donors (Lipinski definition) is 2. The summed E-state index contributed by atoms with van der Waals surface area (Å²) in [6.07, 6.45) is -1.14. The quantitative estimate of drug-likeness (QED) is 0.654. The van der Waals surface area contributed by atoms with Crippen molar-refractivity contribution in [1.29, 1.82) is 0 Å². The SMILES string of the molecule is Cc1cc(NC(=O)O)cc(C)c1Oc1ccc([N+](=O)[O-])cc1. The summed E-state index contributed by atoms with van der Waals surface area (Å²) in [6, 6.07) is 9.06. The van der Waals surface area contributed by atoms with Gasteiger partial charge in [-0.05, 0) is 49.2 Å². The van der Waals surface area contributed by atoms with E-state index in [-0.39, 0.29) is 5.69 Å². The molecule has 0 aliphatic carbocycles. The van der Waals surface area contributed by atoms with Crippen LogP contribution in [-0.4, -0.2) is 16.1 Å². The number of nitro benzene ring substituents is 1. The van der Waals surface area contributed by atoms with Crippen molar-refractivity contribution in [2.24, 2.45) is 0 Å². The van der Waals surface area contributed by atoms with Crippen LogP contribution < -0.4 is 10.1 Å². The van der Waals surface area contributed by atoms with E-state index in [1.807, 2.05) is 0 Å². The van der Waals surface area contributed by atoms with Gasteiger partial charge in [0, 0.05) is 17.8 Å². The first-order valence-corrected chi connectivity index (χ1v) is 6.40. The molecule has 0 atom stereocenters. The minimum Gasteiger partial charge on any atom is -0.465 e. The van der Waals surface area contributed by atoms with E-state index < -0.39 is 11.0 Å². The number of carbonyl (C=O) groups is 1. The Hall–Kier alpha value is -3.09. The highest BCUT2D eigenvalue weighted by Gasteiger charge is 2.10. The van der Waals surface area contributed by atoms with Gasteiger partial charge >= 0.3 is 6.09 Å². The average molecular weight is 302 g/mol. The van der Waals surface area contributed by atoms with Crippen molar-refractivity contribution in [2.45, 2.75) is 13.8 Å². The normalized spacial score (nSPS) is 10.1. The van der Waals surface area contributed by atoms with Gasteiger partial charge in [-0.15, -0.1) is 0 Å². The van der Waals surface area contributed by atoms with Crippen LogP contribution in [0.4, 0.5) is 16.2 Å². The Balaban J connectivity index is 2.25. The minimum absolute atomic E-state index is 0.0122. The number of non-ortho nitro benzene ring substituents is 1. The third-order valence-electron chi connectivity index (χ3n) is 2.98. The Bertz CT molecular complexity index is 702. The number of benzene rings is 2. The zero-order chi connectivity index (χ0) is 16.3. The van der Waals surface area contributed by atoms with Gasteiger partial charge in [0.15, 0.2) is 0 Å². The maximum Gasteiger partial charge on any atom is 0.409 e. The smallest absolute Gasteiger partial charge is 0.409 e. The van der Waals surface area contributed by atoms with Gasteiger partial charge in [-0.1, -0.05) is 0 Å². The molecule has 22 heavy (non-hydrogen) atoms. The van der Waals surface area contributed by atoms with Crippen molar-refractivity contribution < 1.29 is 19.6 Å². The van der Waals surface area contributed by atoms with Crippen molar-refractivity contribution in [2.75, 3.05) is 5.32 Å². The molecule has 0 aromatic heterocycles. The standard InChI is InChI=1S/C15H14N2O5/c1-9-7-11(16-15(18)19)8-10(2)14(9)22-13-5-3-12(4-6-13)17(20)21/h3-8,16H,1-2H3,(H,18,19).